The van der Waals surface area contributed by atoms with Crippen LogP contribution in [0, 0.1) is 5.92 Å². The molecular weight excluding hydrogens is 153 g/mol. The maximum atomic E-state index is 9.06. The van der Waals surface area contributed by atoms with E-state index in [4.69, 9.17) is 18.1 Å². The monoisotopic (exact) mass is 169 g/mol. The molecular formula is C8H16BNO2. The van der Waals surface area contributed by atoms with E-state index in [0.29, 0.717) is 19.0 Å². The molecule has 2 radical (unpaired) electrons. The first-order chi connectivity index (χ1) is 5.54. The number of aliphatic hydroxyl groups is 2. The van der Waals surface area contributed by atoms with Crippen molar-refractivity contribution in [1.82, 2.24) is 4.90 Å². The summed E-state index contributed by atoms with van der Waals surface area (Å²) in [5, 5.41) is 18.1. The molecule has 0 aromatic rings. The van der Waals surface area contributed by atoms with E-state index in [1.54, 1.807) is 0 Å². The van der Waals surface area contributed by atoms with Gasteiger partial charge in [0.1, 0.15) is 0 Å². The van der Waals surface area contributed by atoms with Crippen LogP contribution in [0.2, 0.25) is 0 Å². The molecule has 0 spiro atoms. The van der Waals surface area contributed by atoms with Crippen LogP contribution in [0.25, 0.3) is 0 Å². The molecule has 0 amide bonds. The van der Waals surface area contributed by atoms with Gasteiger partial charge in [-0.05, 0) is 18.8 Å². The van der Waals surface area contributed by atoms with Crippen molar-refractivity contribution >= 4 is 7.85 Å². The van der Waals surface area contributed by atoms with Gasteiger partial charge in [-0.15, -0.1) is 0 Å². The maximum Gasteiger partial charge on any atom is 0.178 e. The highest BCUT2D eigenvalue weighted by atomic mass is 16.5. The summed E-state index contributed by atoms with van der Waals surface area (Å²) in [6.45, 7) is 3.53. The van der Waals surface area contributed by atoms with Crippen molar-refractivity contribution in [3.8, 4) is 0 Å². The predicted octanol–water partition coefficient (Wildman–Crippen LogP) is -0.127. The van der Waals surface area contributed by atoms with Crippen molar-refractivity contribution in [3.05, 3.63) is 0 Å². The Morgan fingerprint density at radius 1 is 1.58 bits per heavy atom. The van der Waals surface area contributed by atoms with Crippen LogP contribution in [0.4, 0.5) is 0 Å². The predicted molar refractivity (Wildman–Crippen MR) is 47.5 cm³/mol. The van der Waals surface area contributed by atoms with Gasteiger partial charge < -0.3 is 10.2 Å². The molecule has 1 aliphatic heterocycles. The van der Waals surface area contributed by atoms with Crippen LogP contribution in [-0.4, -0.2) is 41.9 Å². The van der Waals surface area contributed by atoms with E-state index in [1.807, 2.05) is 0 Å². The van der Waals surface area contributed by atoms with Crippen LogP contribution in [0.5, 0.6) is 0 Å². The molecule has 1 aliphatic rings. The van der Waals surface area contributed by atoms with Gasteiger partial charge in [0.2, 0.25) is 0 Å². The first-order valence-electron chi connectivity index (χ1n) is 4.52. The van der Waals surface area contributed by atoms with Crippen LogP contribution in [0.15, 0.2) is 0 Å². The van der Waals surface area contributed by atoms with Crippen LogP contribution >= 0.6 is 0 Å². The number of nitrogens with zero attached hydrogens (tertiary/aromatic N) is 1. The zero-order valence-corrected chi connectivity index (χ0v) is 7.53. The minimum atomic E-state index is -2.11. The van der Waals surface area contributed by atoms with E-state index >= 15 is 0 Å². The lowest BCUT2D eigenvalue weighted by molar-refractivity contribution is -0.190. The Kier molecular flexibility index (Phi) is 3.15. The second-order valence-electron chi connectivity index (χ2n) is 3.58. The van der Waals surface area contributed by atoms with Crippen molar-refractivity contribution in [2.75, 3.05) is 13.1 Å². The third-order valence-electron chi connectivity index (χ3n) is 2.45. The summed E-state index contributed by atoms with van der Waals surface area (Å²) in [7, 11) is 5.14. The van der Waals surface area contributed by atoms with Gasteiger partial charge in [0.25, 0.3) is 0 Å². The molecule has 1 heterocycles. The van der Waals surface area contributed by atoms with Crippen LogP contribution in [0.1, 0.15) is 26.2 Å². The van der Waals surface area contributed by atoms with Gasteiger partial charge in [0.15, 0.2) is 13.7 Å². The zero-order valence-electron chi connectivity index (χ0n) is 7.53. The van der Waals surface area contributed by atoms with Crippen LogP contribution in [0.3, 0.4) is 0 Å². The molecule has 0 bridgehead atoms. The molecule has 0 aromatic heterocycles. The largest absolute Gasteiger partial charge is 0.362 e. The second kappa shape index (κ2) is 3.77. The van der Waals surface area contributed by atoms with Crippen molar-refractivity contribution in [3.63, 3.8) is 0 Å². The van der Waals surface area contributed by atoms with E-state index < -0.39 is 5.81 Å². The summed E-state index contributed by atoms with van der Waals surface area (Å²) < 4.78 is 0. The molecule has 3 nitrogen and oxygen atoms in total. The molecule has 0 saturated carbocycles. The Labute approximate surface area is 74.8 Å². The Hall–Kier alpha value is -0.0551. The highest BCUT2D eigenvalue weighted by Gasteiger charge is 2.32. The molecule has 12 heavy (non-hydrogen) atoms. The van der Waals surface area contributed by atoms with E-state index in [0.717, 1.165) is 19.3 Å². The molecule has 0 aliphatic carbocycles. The minimum Gasteiger partial charge on any atom is -0.362 e. The lowest BCUT2D eigenvalue weighted by Crippen LogP contribution is -2.47. The molecule has 0 aromatic carbocycles. The lowest BCUT2D eigenvalue weighted by Gasteiger charge is -2.29. The second-order valence-corrected chi connectivity index (χ2v) is 3.58. The van der Waals surface area contributed by atoms with Gasteiger partial charge in [-0.2, -0.15) is 0 Å². The van der Waals surface area contributed by atoms with Gasteiger partial charge in [0, 0.05) is 13.1 Å². The number of likely N-dealkylation sites (tertiary alicyclic amines) is 1. The molecule has 2 N–H and O–H groups in total. The molecule has 1 atom stereocenters. The summed E-state index contributed by atoms with van der Waals surface area (Å²) in [5.74, 6) is -1.53. The summed E-state index contributed by atoms with van der Waals surface area (Å²) in [6.07, 6.45) is 3.31. The Bertz CT molecular complexity index is 146. The fourth-order valence-corrected chi connectivity index (χ4v) is 1.78. The quantitative estimate of drug-likeness (QED) is 0.457. The van der Waals surface area contributed by atoms with Gasteiger partial charge in [-0.1, -0.05) is 13.3 Å². The average Bonchev–Trinajstić information content (AvgIpc) is 2.35. The normalized spacial score (nSPS) is 26.4. The number of hydrogen-bond acceptors (Lipinski definition) is 3. The summed E-state index contributed by atoms with van der Waals surface area (Å²) >= 11 is 0. The van der Waals surface area contributed by atoms with Gasteiger partial charge in [0.05, 0.1) is 0 Å². The average molecular weight is 169 g/mol. The minimum absolute atomic E-state index is 0.581. The van der Waals surface area contributed by atoms with Crippen molar-refractivity contribution in [2.45, 2.75) is 32.0 Å². The zero-order chi connectivity index (χ0) is 9.19. The van der Waals surface area contributed by atoms with Gasteiger partial charge in [-0.25, -0.2) is 0 Å². The first kappa shape index (κ1) is 10.0. The molecule has 1 unspecified atom stereocenters. The van der Waals surface area contributed by atoms with E-state index in [-0.39, 0.29) is 0 Å². The Balaban J connectivity index is 2.35. The SMILES string of the molecule is [B]C(O)(O)N1CCC(CCC)C1. The Morgan fingerprint density at radius 3 is 2.67 bits per heavy atom. The van der Waals surface area contributed by atoms with E-state index in [9.17, 15) is 0 Å². The number of rotatable bonds is 3. The van der Waals surface area contributed by atoms with Crippen molar-refractivity contribution in [2.24, 2.45) is 5.92 Å². The third-order valence-corrected chi connectivity index (χ3v) is 2.45. The third kappa shape index (κ3) is 2.47. The molecule has 1 saturated heterocycles. The standard InChI is InChI=1S/C8H16BNO2/c1-2-3-7-4-5-10(6-7)8(9,11)12/h7,11-12H,2-6H2,1H3. The van der Waals surface area contributed by atoms with Crippen LogP contribution < -0.4 is 0 Å². The summed E-state index contributed by atoms with van der Waals surface area (Å²) in [4.78, 5) is 1.51. The molecule has 1 rings (SSSR count). The number of hydrogen-bond donors (Lipinski definition) is 2. The van der Waals surface area contributed by atoms with E-state index in [2.05, 4.69) is 6.92 Å². The highest BCUT2D eigenvalue weighted by Crippen LogP contribution is 2.23. The van der Waals surface area contributed by atoms with E-state index in [1.165, 1.54) is 4.90 Å². The molecule has 1 fully saturated rings. The summed E-state index contributed by atoms with van der Waals surface area (Å²) in [5.41, 5.74) is 0. The fraction of sp³-hybridized carbons (Fsp3) is 1.00. The summed E-state index contributed by atoms with van der Waals surface area (Å²) in [6, 6.07) is 0. The van der Waals surface area contributed by atoms with Crippen molar-refractivity contribution in [1.29, 1.82) is 0 Å². The van der Waals surface area contributed by atoms with Gasteiger partial charge in [-0.3, -0.25) is 4.90 Å². The Morgan fingerprint density at radius 2 is 2.25 bits per heavy atom. The molecule has 4 heteroatoms. The first-order valence-corrected chi connectivity index (χ1v) is 4.52. The van der Waals surface area contributed by atoms with Crippen LogP contribution in [-0.2, 0) is 0 Å². The smallest absolute Gasteiger partial charge is 0.178 e. The van der Waals surface area contributed by atoms with Crippen molar-refractivity contribution < 1.29 is 10.2 Å². The molecule has 68 valence electrons. The maximum absolute atomic E-state index is 9.06. The fourth-order valence-electron chi connectivity index (χ4n) is 1.78. The lowest BCUT2D eigenvalue weighted by atomic mass is 10.0. The van der Waals surface area contributed by atoms with Gasteiger partial charge >= 0.3 is 0 Å². The highest BCUT2D eigenvalue weighted by molar-refractivity contribution is 6.12. The topological polar surface area (TPSA) is 43.7 Å².